The van der Waals surface area contributed by atoms with Crippen LogP contribution in [0.4, 0.5) is 5.69 Å². The molecule has 0 atom stereocenters. The molecule has 0 saturated carbocycles. The van der Waals surface area contributed by atoms with Gasteiger partial charge >= 0.3 is 0 Å². The van der Waals surface area contributed by atoms with Gasteiger partial charge < -0.3 is 19.4 Å². The van der Waals surface area contributed by atoms with E-state index in [1.807, 2.05) is 4.90 Å². The zero-order valence-electron chi connectivity index (χ0n) is 17.4. The average molecular weight is 382 g/mol. The number of hydrogen-bond donors (Lipinski definition) is 2. The van der Waals surface area contributed by atoms with Gasteiger partial charge in [-0.3, -0.25) is 0 Å². The molecule has 0 aromatic heterocycles. The lowest BCUT2D eigenvalue weighted by Crippen LogP contribution is -3.21. The summed E-state index contributed by atoms with van der Waals surface area (Å²) in [5.74, 6) is 0.999. The predicted molar refractivity (Wildman–Crippen MR) is 115 cm³/mol. The first kappa shape index (κ1) is 19.3. The molecule has 2 heterocycles. The zero-order chi connectivity index (χ0) is 19.3. The standard InChI is InChI=1S/C24H33N3O/c1-20-6-5-7-21(18-20)19-25-12-10-22(11-13-25)26-14-16-27(17-15-26)23-8-3-4-9-24(23)28-2/h3-9,18,22H,10-17,19H2,1-2H3/p+2. The van der Waals surface area contributed by atoms with Crippen LogP contribution in [0.1, 0.15) is 24.0 Å². The molecule has 4 heteroatoms. The van der Waals surface area contributed by atoms with Gasteiger partial charge in [-0.15, -0.1) is 0 Å². The van der Waals surface area contributed by atoms with E-state index in [1.54, 1.807) is 12.0 Å². The maximum Gasteiger partial charge on any atom is 0.142 e. The van der Waals surface area contributed by atoms with E-state index in [1.165, 1.54) is 62.4 Å². The van der Waals surface area contributed by atoms with Crippen LogP contribution >= 0.6 is 0 Å². The molecule has 2 aliphatic rings. The van der Waals surface area contributed by atoms with E-state index in [9.17, 15) is 0 Å². The molecule has 0 unspecified atom stereocenters. The van der Waals surface area contributed by atoms with Crippen LogP contribution in [0.5, 0.6) is 5.75 Å². The van der Waals surface area contributed by atoms with Crippen molar-refractivity contribution in [2.24, 2.45) is 0 Å². The van der Waals surface area contributed by atoms with E-state index >= 15 is 0 Å². The van der Waals surface area contributed by atoms with E-state index < -0.39 is 0 Å². The number of rotatable bonds is 5. The number of likely N-dealkylation sites (tertiary alicyclic amines) is 1. The van der Waals surface area contributed by atoms with Crippen molar-refractivity contribution in [1.29, 1.82) is 0 Å². The Labute approximate surface area is 169 Å². The van der Waals surface area contributed by atoms with Crippen molar-refractivity contribution >= 4 is 5.69 Å². The van der Waals surface area contributed by atoms with Crippen LogP contribution in [0.15, 0.2) is 48.5 Å². The van der Waals surface area contributed by atoms with Gasteiger partial charge in [0.2, 0.25) is 0 Å². The number of para-hydroxylation sites is 2. The largest absolute Gasteiger partial charge is 0.495 e. The summed E-state index contributed by atoms with van der Waals surface area (Å²) in [6.45, 7) is 10.8. The van der Waals surface area contributed by atoms with Gasteiger partial charge in [-0.1, -0.05) is 42.0 Å². The third kappa shape index (κ3) is 4.50. The molecule has 2 aromatic rings. The maximum atomic E-state index is 5.56. The maximum absolute atomic E-state index is 5.56. The van der Waals surface area contributed by atoms with Crippen molar-refractivity contribution in [3.8, 4) is 5.75 Å². The van der Waals surface area contributed by atoms with Crippen LogP contribution in [0.25, 0.3) is 0 Å². The quantitative estimate of drug-likeness (QED) is 0.805. The molecular weight excluding hydrogens is 346 g/mol. The van der Waals surface area contributed by atoms with E-state index in [0.717, 1.165) is 24.9 Å². The van der Waals surface area contributed by atoms with Gasteiger partial charge in [-0.05, 0) is 19.1 Å². The van der Waals surface area contributed by atoms with Gasteiger partial charge in [0.05, 0.1) is 58.1 Å². The molecule has 2 saturated heterocycles. The second-order valence-corrected chi connectivity index (χ2v) is 8.51. The molecule has 4 nitrogen and oxygen atoms in total. The summed E-state index contributed by atoms with van der Waals surface area (Å²) < 4.78 is 5.56. The second kappa shape index (κ2) is 8.97. The van der Waals surface area contributed by atoms with E-state index in [2.05, 4.69) is 60.4 Å². The summed E-state index contributed by atoms with van der Waals surface area (Å²) in [4.78, 5) is 6.08. The van der Waals surface area contributed by atoms with Crippen molar-refractivity contribution < 1.29 is 14.5 Å². The first-order chi connectivity index (χ1) is 13.7. The number of piperidine rings is 1. The second-order valence-electron chi connectivity index (χ2n) is 8.51. The minimum atomic E-state index is 0.848. The fraction of sp³-hybridized carbons (Fsp3) is 0.500. The SMILES string of the molecule is COc1ccccc1N1CC[NH+](C2CC[NH+](Cc3cccc(C)c3)CC2)CC1. The van der Waals surface area contributed by atoms with Crippen molar-refractivity contribution in [2.45, 2.75) is 32.4 Å². The predicted octanol–water partition coefficient (Wildman–Crippen LogP) is 0.956. The van der Waals surface area contributed by atoms with Crippen molar-refractivity contribution in [3.05, 3.63) is 59.7 Å². The number of nitrogens with zero attached hydrogens (tertiary/aromatic N) is 1. The Morgan fingerprint density at radius 1 is 0.964 bits per heavy atom. The number of quaternary nitrogens is 2. The Kier molecular flexibility index (Phi) is 6.18. The topological polar surface area (TPSA) is 21.4 Å². The molecule has 0 radical (unpaired) electrons. The number of aryl methyl sites for hydroxylation is 1. The third-order valence-electron chi connectivity index (χ3n) is 6.64. The van der Waals surface area contributed by atoms with Crippen LogP contribution in [0.2, 0.25) is 0 Å². The van der Waals surface area contributed by atoms with Gasteiger partial charge in [0.15, 0.2) is 0 Å². The summed E-state index contributed by atoms with van der Waals surface area (Å²) in [5, 5.41) is 0. The number of anilines is 1. The van der Waals surface area contributed by atoms with Gasteiger partial charge in [0.25, 0.3) is 0 Å². The first-order valence-corrected chi connectivity index (χ1v) is 10.8. The summed E-state index contributed by atoms with van der Waals surface area (Å²) in [5.41, 5.74) is 4.12. The van der Waals surface area contributed by atoms with Crippen molar-refractivity contribution in [1.82, 2.24) is 0 Å². The molecule has 2 fully saturated rings. The number of ether oxygens (including phenoxy) is 1. The molecule has 0 amide bonds. The lowest BCUT2D eigenvalue weighted by Gasteiger charge is -2.40. The fourth-order valence-electron chi connectivity index (χ4n) is 5.06. The fourth-order valence-corrected chi connectivity index (χ4v) is 5.06. The number of hydrogen-bond acceptors (Lipinski definition) is 2. The number of nitrogens with one attached hydrogen (secondary N) is 2. The normalized spacial score (nSPS) is 23.6. The molecule has 150 valence electrons. The Bertz CT molecular complexity index is 762. The first-order valence-electron chi connectivity index (χ1n) is 10.8. The minimum absolute atomic E-state index is 0.848. The minimum Gasteiger partial charge on any atom is -0.495 e. The number of methoxy groups -OCH3 is 1. The molecule has 0 spiro atoms. The van der Waals surface area contributed by atoms with Crippen molar-refractivity contribution in [3.63, 3.8) is 0 Å². The Morgan fingerprint density at radius 3 is 2.43 bits per heavy atom. The average Bonchev–Trinajstić information content (AvgIpc) is 2.74. The Morgan fingerprint density at radius 2 is 1.71 bits per heavy atom. The monoisotopic (exact) mass is 381 g/mol. The highest BCUT2D eigenvalue weighted by molar-refractivity contribution is 5.58. The smallest absolute Gasteiger partial charge is 0.142 e. The molecule has 0 aliphatic carbocycles. The Hall–Kier alpha value is -2.04. The summed E-state index contributed by atoms with van der Waals surface area (Å²) >= 11 is 0. The van der Waals surface area contributed by atoms with Crippen LogP contribution in [0.3, 0.4) is 0 Å². The van der Waals surface area contributed by atoms with E-state index in [4.69, 9.17) is 4.74 Å². The van der Waals surface area contributed by atoms with Crippen molar-refractivity contribution in [2.75, 3.05) is 51.3 Å². The van der Waals surface area contributed by atoms with Gasteiger partial charge in [-0.2, -0.15) is 0 Å². The molecule has 4 rings (SSSR count). The van der Waals surface area contributed by atoms with Gasteiger partial charge in [0, 0.05) is 18.4 Å². The van der Waals surface area contributed by atoms with E-state index in [0.29, 0.717) is 0 Å². The molecule has 2 aromatic carbocycles. The summed E-state index contributed by atoms with van der Waals surface area (Å²) in [6, 6.07) is 18.3. The summed E-state index contributed by atoms with van der Waals surface area (Å²) in [6.07, 6.45) is 2.73. The van der Waals surface area contributed by atoms with Crippen LogP contribution in [-0.2, 0) is 6.54 Å². The molecule has 2 N–H and O–H groups in total. The van der Waals surface area contributed by atoms with E-state index in [-0.39, 0.29) is 0 Å². The van der Waals surface area contributed by atoms with Crippen LogP contribution in [0, 0.1) is 6.92 Å². The van der Waals surface area contributed by atoms with Crippen LogP contribution in [-0.4, -0.2) is 52.4 Å². The highest BCUT2D eigenvalue weighted by atomic mass is 16.5. The molecule has 28 heavy (non-hydrogen) atoms. The highest BCUT2D eigenvalue weighted by Gasteiger charge is 2.32. The van der Waals surface area contributed by atoms with Gasteiger partial charge in [0.1, 0.15) is 12.3 Å². The summed E-state index contributed by atoms with van der Waals surface area (Å²) in [7, 11) is 1.77. The lowest BCUT2D eigenvalue weighted by molar-refractivity contribution is -0.963. The zero-order valence-corrected chi connectivity index (χ0v) is 17.4. The van der Waals surface area contributed by atoms with Gasteiger partial charge in [-0.25, -0.2) is 0 Å². The number of benzene rings is 2. The third-order valence-corrected chi connectivity index (χ3v) is 6.64. The Balaban J connectivity index is 1.26. The highest BCUT2D eigenvalue weighted by Crippen LogP contribution is 2.27. The number of piperazine rings is 1. The van der Waals surface area contributed by atoms with Crippen LogP contribution < -0.4 is 19.4 Å². The lowest BCUT2D eigenvalue weighted by atomic mass is 10.0. The molecule has 2 aliphatic heterocycles. The molecule has 0 bridgehead atoms. The molecular formula is C24H35N3O+2.